The molecule has 1 N–H and O–H groups in total. The predicted octanol–water partition coefficient (Wildman–Crippen LogP) is 2.78. The van der Waals surface area contributed by atoms with Gasteiger partial charge in [0.05, 0.1) is 16.8 Å². The minimum Gasteiger partial charge on any atom is -0.478 e. The van der Waals surface area contributed by atoms with E-state index in [-0.39, 0.29) is 0 Å². The van der Waals surface area contributed by atoms with Crippen LogP contribution in [0.25, 0.3) is 0 Å². The number of carbonyl (C=O) groups is 1. The van der Waals surface area contributed by atoms with Gasteiger partial charge in [-0.05, 0) is 31.7 Å². The van der Waals surface area contributed by atoms with Crippen molar-refractivity contribution in [2.24, 2.45) is 0 Å². The second-order valence-corrected chi connectivity index (χ2v) is 5.47. The molecule has 2 aromatic rings. The third kappa shape index (κ3) is 3.62. The van der Waals surface area contributed by atoms with Crippen LogP contribution in [-0.2, 0) is 13.1 Å². The molecule has 0 unspecified atom stereocenters. The number of aromatic carboxylic acids is 1. The van der Waals surface area contributed by atoms with E-state index in [0.717, 1.165) is 24.3 Å². The van der Waals surface area contributed by atoms with E-state index >= 15 is 0 Å². The topological polar surface area (TPSA) is 53.4 Å². The summed E-state index contributed by atoms with van der Waals surface area (Å²) < 4.78 is 0. The summed E-state index contributed by atoms with van der Waals surface area (Å²) in [5, 5.41) is 8.84. The van der Waals surface area contributed by atoms with Gasteiger partial charge < -0.3 is 5.11 Å². The van der Waals surface area contributed by atoms with Crippen LogP contribution in [0.15, 0.2) is 29.8 Å². The lowest BCUT2D eigenvalue weighted by molar-refractivity contribution is 0.0697. The van der Waals surface area contributed by atoms with Crippen molar-refractivity contribution in [2.75, 3.05) is 7.05 Å². The summed E-state index contributed by atoms with van der Waals surface area (Å²) in [4.78, 5) is 18.5. The van der Waals surface area contributed by atoms with Crippen molar-refractivity contribution < 1.29 is 9.90 Å². The number of aromatic nitrogens is 1. The molecular formula is C14H16N2O2S. The molecule has 0 saturated carbocycles. The normalized spacial score (nSPS) is 10.9. The Balaban J connectivity index is 1.97. The molecule has 0 bridgehead atoms. The van der Waals surface area contributed by atoms with Crippen LogP contribution >= 0.6 is 11.3 Å². The van der Waals surface area contributed by atoms with Crippen molar-refractivity contribution in [1.29, 1.82) is 0 Å². The average molecular weight is 276 g/mol. The Labute approximate surface area is 116 Å². The zero-order valence-corrected chi connectivity index (χ0v) is 11.8. The monoisotopic (exact) mass is 276 g/mol. The molecule has 100 valence electrons. The van der Waals surface area contributed by atoms with E-state index in [2.05, 4.69) is 9.88 Å². The highest BCUT2D eigenvalue weighted by atomic mass is 32.1. The summed E-state index contributed by atoms with van der Waals surface area (Å²) in [6.07, 6.45) is 0. The number of nitrogens with zero attached hydrogens (tertiary/aromatic N) is 2. The maximum Gasteiger partial charge on any atom is 0.335 e. The van der Waals surface area contributed by atoms with Crippen LogP contribution in [0.5, 0.6) is 0 Å². The number of hydrogen-bond acceptors (Lipinski definition) is 4. The maximum absolute atomic E-state index is 10.8. The number of aryl methyl sites for hydroxylation is 1. The van der Waals surface area contributed by atoms with Gasteiger partial charge >= 0.3 is 5.97 Å². The Kier molecular flexibility index (Phi) is 4.29. The van der Waals surface area contributed by atoms with Gasteiger partial charge in [-0.25, -0.2) is 9.78 Å². The van der Waals surface area contributed by atoms with E-state index in [1.807, 2.05) is 31.6 Å². The highest BCUT2D eigenvalue weighted by Gasteiger charge is 2.07. The molecule has 2 rings (SSSR count). The molecular weight excluding hydrogens is 260 g/mol. The first-order valence-electron chi connectivity index (χ1n) is 5.96. The largest absolute Gasteiger partial charge is 0.478 e. The minimum absolute atomic E-state index is 0.324. The van der Waals surface area contributed by atoms with Crippen molar-refractivity contribution in [3.63, 3.8) is 0 Å². The van der Waals surface area contributed by atoms with Crippen LogP contribution in [-0.4, -0.2) is 28.0 Å². The van der Waals surface area contributed by atoms with Gasteiger partial charge in [-0.15, -0.1) is 11.3 Å². The molecule has 1 aromatic heterocycles. The zero-order valence-electron chi connectivity index (χ0n) is 11.0. The van der Waals surface area contributed by atoms with Gasteiger partial charge in [0, 0.05) is 18.0 Å². The lowest BCUT2D eigenvalue weighted by Gasteiger charge is -2.16. The molecule has 19 heavy (non-hydrogen) atoms. The van der Waals surface area contributed by atoms with Crippen molar-refractivity contribution in [2.45, 2.75) is 20.0 Å². The van der Waals surface area contributed by atoms with Crippen LogP contribution in [0.2, 0.25) is 0 Å². The van der Waals surface area contributed by atoms with E-state index in [1.165, 1.54) is 4.88 Å². The van der Waals surface area contributed by atoms with Crippen molar-refractivity contribution in [1.82, 2.24) is 9.88 Å². The van der Waals surface area contributed by atoms with E-state index in [4.69, 9.17) is 5.11 Å². The standard InChI is InChI=1S/C14H16N2O2S/c1-10-13(19-9-15-10)8-16(2)7-11-3-5-12(6-4-11)14(17)18/h3-6,9H,7-8H2,1-2H3,(H,17,18). The quantitative estimate of drug-likeness (QED) is 0.912. The number of carboxylic acid groups (broad SMARTS) is 1. The van der Waals surface area contributed by atoms with E-state index < -0.39 is 5.97 Å². The van der Waals surface area contributed by atoms with Crippen LogP contribution in [0.1, 0.15) is 26.5 Å². The van der Waals surface area contributed by atoms with Gasteiger partial charge in [0.2, 0.25) is 0 Å². The first-order valence-corrected chi connectivity index (χ1v) is 6.84. The zero-order chi connectivity index (χ0) is 13.8. The number of thiazole rings is 1. The smallest absolute Gasteiger partial charge is 0.335 e. The van der Waals surface area contributed by atoms with Gasteiger partial charge in [-0.3, -0.25) is 4.90 Å². The molecule has 1 aromatic carbocycles. The second-order valence-electron chi connectivity index (χ2n) is 4.54. The van der Waals surface area contributed by atoms with Gasteiger partial charge in [0.1, 0.15) is 0 Å². The minimum atomic E-state index is -0.889. The molecule has 0 saturated heterocycles. The molecule has 0 fully saturated rings. The summed E-state index contributed by atoms with van der Waals surface area (Å²) in [7, 11) is 2.05. The molecule has 0 aliphatic rings. The summed E-state index contributed by atoms with van der Waals surface area (Å²) in [6.45, 7) is 3.66. The fourth-order valence-corrected chi connectivity index (χ4v) is 2.70. The highest BCUT2D eigenvalue weighted by Crippen LogP contribution is 2.15. The average Bonchev–Trinajstić information content (AvgIpc) is 2.75. The Morgan fingerprint density at radius 2 is 2.00 bits per heavy atom. The van der Waals surface area contributed by atoms with Gasteiger partial charge in [-0.1, -0.05) is 12.1 Å². The molecule has 0 atom stereocenters. The van der Waals surface area contributed by atoms with Crippen molar-refractivity contribution in [3.05, 3.63) is 51.5 Å². The molecule has 0 aliphatic heterocycles. The summed E-state index contributed by atoms with van der Waals surface area (Å²) in [5.41, 5.74) is 4.37. The maximum atomic E-state index is 10.8. The van der Waals surface area contributed by atoms with Crippen LogP contribution < -0.4 is 0 Å². The fraction of sp³-hybridized carbons (Fsp3) is 0.286. The molecule has 0 radical (unpaired) electrons. The van der Waals surface area contributed by atoms with Crippen molar-refractivity contribution >= 4 is 17.3 Å². The number of benzene rings is 1. The fourth-order valence-electron chi connectivity index (χ4n) is 1.84. The van der Waals surface area contributed by atoms with Crippen LogP contribution in [0.3, 0.4) is 0 Å². The first kappa shape index (κ1) is 13.7. The van der Waals surface area contributed by atoms with Crippen molar-refractivity contribution in [3.8, 4) is 0 Å². The lowest BCUT2D eigenvalue weighted by atomic mass is 10.1. The number of rotatable bonds is 5. The summed E-state index contributed by atoms with van der Waals surface area (Å²) >= 11 is 1.66. The van der Waals surface area contributed by atoms with E-state index in [1.54, 1.807) is 23.5 Å². The first-order chi connectivity index (χ1) is 9.06. The van der Waals surface area contributed by atoms with Gasteiger partial charge in [-0.2, -0.15) is 0 Å². The predicted molar refractivity (Wildman–Crippen MR) is 75.4 cm³/mol. The summed E-state index contributed by atoms with van der Waals surface area (Å²) in [6, 6.07) is 7.01. The Hall–Kier alpha value is -1.72. The van der Waals surface area contributed by atoms with Gasteiger partial charge in [0.25, 0.3) is 0 Å². The van der Waals surface area contributed by atoms with Crippen LogP contribution in [0.4, 0.5) is 0 Å². The number of carboxylic acids is 1. The molecule has 0 aliphatic carbocycles. The summed E-state index contributed by atoms with van der Waals surface area (Å²) in [5.74, 6) is -0.889. The molecule has 4 nitrogen and oxygen atoms in total. The molecule has 0 amide bonds. The van der Waals surface area contributed by atoms with E-state index in [0.29, 0.717) is 5.56 Å². The third-order valence-corrected chi connectivity index (χ3v) is 3.83. The van der Waals surface area contributed by atoms with Crippen LogP contribution in [0, 0.1) is 6.92 Å². The molecule has 0 spiro atoms. The second kappa shape index (κ2) is 5.95. The highest BCUT2D eigenvalue weighted by molar-refractivity contribution is 7.09. The Morgan fingerprint density at radius 1 is 1.32 bits per heavy atom. The Morgan fingerprint density at radius 3 is 2.53 bits per heavy atom. The van der Waals surface area contributed by atoms with E-state index in [9.17, 15) is 4.79 Å². The third-order valence-electron chi connectivity index (χ3n) is 2.91. The molecule has 5 heteroatoms. The number of hydrogen-bond donors (Lipinski definition) is 1. The SMILES string of the molecule is Cc1ncsc1CN(C)Cc1ccc(C(=O)O)cc1. The Bertz CT molecular complexity index is 563. The van der Waals surface area contributed by atoms with Gasteiger partial charge in [0.15, 0.2) is 0 Å². The molecule has 1 heterocycles. The lowest BCUT2D eigenvalue weighted by Crippen LogP contribution is -2.17.